The Kier molecular flexibility index (Phi) is 9.37. The summed E-state index contributed by atoms with van der Waals surface area (Å²) in [6.07, 6.45) is 0.604. The normalized spacial score (nSPS) is 12.2. The van der Waals surface area contributed by atoms with E-state index in [9.17, 15) is 13.0 Å². The van der Waals surface area contributed by atoms with Gasteiger partial charge in [-0.15, -0.1) is 0 Å². The molecule has 2 aliphatic rings. The van der Waals surface area contributed by atoms with Gasteiger partial charge in [0, 0.05) is 63.0 Å². The average molecular weight is 670 g/mol. The number of anilines is 2. The number of hydrogen-bond acceptors (Lipinski definition) is 8. The number of benzene rings is 5. The third-order valence-electron chi connectivity index (χ3n) is 7.65. The molecule has 1 aliphatic carbocycles. The maximum absolute atomic E-state index is 12.3. The molecule has 1 heterocycles. The van der Waals surface area contributed by atoms with Crippen LogP contribution >= 0.6 is 0 Å². The van der Waals surface area contributed by atoms with Gasteiger partial charge in [-0.2, -0.15) is 0 Å². The molecule has 9 nitrogen and oxygen atoms in total. The van der Waals surface area contributed by atoms with Gasteiger partial charge in [-0.05, 0) is 63.1 Å². The second-order valence-corrected chi connectivity index (χ2v) is 14.1. The lowest BCUT2D eigenvalue weighted by Gasteiger charge is -2.19. The second kappa shape index (κ2) is 13.1. The second-order valence-electron chi connectivity index (χ2n) is 11.3. The van der Waals surface area contributed by atoms with Gasteiger partial charge in [0.2, 0.25) is 11.0 Å². The Balaban J connectivity index is 0.000000807. The molecule has 0 radical (unpaired) electrons. The first kappa shape index (κ1) is 33.6. The molecule has 4 aromatic rings. The Morgan fingerprint density at radius 3 is 1.89 bits per heavy atom. The summed E-state index contributed by atoms with van der Waals surface area (Å²) in [6.45, 7) is 8.21. The predicted octanol–water partition coefficient (Wildman–Crippen LogP) is 5.56. The van der Waals surface area contributed by atoms with Crippen molar-refractivity contribution in [1.29, 1.82) is 0 Å². The van der Waals surface area contributed by atoms with Crippen LogP contribution in [0.1, 0.15) is 22.3 Å². The average Bonchev–Trinajstić information content (AvgIpc) is 2.98. The van der Waals surface area contributed by atoms with Gasteiger partial charge >= 0.3 is 0 Å². The Morgan fingerprint density at radius 2 is 1.28 bits per heavy atom. The van der Waals surface area contributed by atoms with Crippen molar-refractivity contribution in [2.24, 2.45) is 0 Å². The van der Waals surface area contributed by atoms with E-state index in [2.05, 4.69) is 62.3 Å². The van der Waals surface area contributed by atoms with Gasteiger partial charge in [-0.1, -0.05) is 54.6 Å². The maximum atomic E-state index is 12.3. The van der Waals surface area contributed by atoms with Crippen LogP contribution in [0.25, 0.3) is 33.4 Å². The summed E-state index contributed by atoms with van der Waals surface area (Å²) in [4.78, 5) is 3.24. The van der Waals surface area contributed by atoms with Crippen molar-refractivity contribution in [3.63, 3.8) is 0 Å². The highest BCUT2D eigenvalue weighted by Gasteiger charge is 2.22. The van der Waals surface area contributed by atoms with Gasteiger partial charge in [-0.25, -0.2) is 21.8 Å². The zero-order valence-corrected chi connectivity index (χ0v) is 28.0. The third-order valence-corrected chi connectivity index (χ3v) is 8.54. The van der Waals surface area contributed by atoms with Crippen LogP contribution in [0.2, 0.25) is 0 Å². The highest BCUT2D eigenvalue weighted by molar-refractivity contribution is 7.86. The minimum atomic E-state index is -4.74. The SMILES string of the molecule is CS(=O)(=O)[O-].Cc1cccc(C)c1Nc1ccc2c(-c3ccccc3S(=O)(=O)[O-])c3ccc(=[NH+]c4c(C)cccc4C)cc-3oc2c1. The van der Waals surface area contributed by atoms with E-state index >= 15 is 0 Å². The zero-order valence-electron chi connectivity index (χ0n) is 26.4. The van der Waals surface area contributed by atoms with Crippen molar-refractivity contribution in [2.75, 3.05) is 11.6 Å². The van der Waals surface area contributed by atoms with E-state index in [-0.39, 0.29) is 4.90 Å². The Labute approximate surface area is 274 Å². The van der Waals surface area contributed by atoms with Gasteiger partial charge in [0.1, 0.15) is 21.5 Å². The number of aryl methyl sites for hydroxylation is 4. The highest BCUT2D eigenvalue weighted by atomic mass is 32.2. The number of rotatable bonds is 5. The summed E-state index contributed by atoms with van der Waals surface area (Å²) in [7, 11) is -8.66. The zero-order chi connectivity index (χ0) is 34.1. The lowest BCUT2D eigenvalue weighted by atomic mass is 9.93. The lowest BCUT2D eigenvalue weighted by Crippen LogP contribution is -2.71. The van der Waals surface area contributed by atoms with E-state index in [4.69, 9.17) is 17.4 Å². The van der Waals surface area contributed by atoms with Crippen molar-refractivity contribution in [1.82, 2.24) is 0 Å². The fourth-order valence-corrected chi connectivity index (χ4v) is 6.22. The molecule has 2 N–H and O–H groups in total. The van der Waals surface area contributed by atoms with Gasteiger partial charge in [0.25, 0.3) is 0 Å². The molecule has 0 saturated carbocycles. The Bertz CT molecular complexity index is 2350. The van der Waals surface area contributed by atoms with E-state index in [0.717, 1.165) is 44.7 Å². The summed E-state index contributed by atoms with van der Waals surface area (Å²) < 4.78 is 70.8. The Morgan fingerprint density at radius 1 is 0.681 bits per heavy atom. The van der Waals surface area contributed by atoms with Crippen LogP contribution < -0.4 is 15.7 Å². The minimum Gasteiger partial charge on any atom is -0.748 e. The van der Waals surface area contributed by atoms with Gasteiger partial charge < -0.3 is 18.8 Å². The van der Waals surface area contributed by atoms with Crippen LogP contribution in [0.4, 0.5) is 17.1 Å². The van der Waals surface area contributed by atoms with E-state index in [0.29, 0.717) is 39.7 Å². The molecule has 0 bridgehead atoms. The highest BCUT2D eigenvalue weighted by Crippen LogP contribution is 2.43. The third kappa shape index (κ3) is 7.78. The fraction of sp³-hybridized carbons (Fsp3) is 0.139. The van der Waals surface area contributed by atoms with Crippen molar-refractivity contribution in [3.8, 4) is 22.5 Å². The van der Waals surface area contributed by atoms with Crippen LogP contribution in [0.15, 0.2) is 106 Å². The summed E-state index contributed by atoms with van der Waals surface area (Å²) in [5, 5.41) is 5.03. The largest absolute Gasteiger partial charge is 0.748 e. The number of fused-ring (bicyclic) bond motifs is 2. The number of para-hydroxylation sites is 2. The van der Waals surface area contributed by atoms with Crippen molar-refractivity contribution < 1.29 is 35.4 Å². The molecule has 1 aliphatic heterocycles. The molecular formula is C36H33N2O7S2-. The molecular weight excluding hydrogens is 637 g/mol. The molecule has 0 unspecified atom stereocenters. The molecule has 0 fully saturated rings. The van der Waals surface area contributed by atoms with E-state index < -0.39 is 20.2 Å². The van der Waals surface area contributed by atoms with Crippen molar-refractivity contribution >= 4 is 48.3 Å². The predicted molar refractivity (Wildman–Crippen MR) is 181 cm³/mol. The van der Waals surface area contributed by atoms with Crippen molar-refractivity contribution in [3.05, 3.63) is 125 Å². The summed E-state index contributed by atoms with van der Waals surface area (Å²) in [6, 6.07) is 30.1. The van der Waals surface area contributed by atoms with Crippen LogP contribution in [0, 0.1) is 27.7 Å². The molecule has 0 spiro atoms. The van der Waals surface area contributed by atoms with Crippen LogP contribution in [-0.4, -0.2) is 32.2 Å². The number of nitrogens with one attached hydrogen (secondary N) is 2. The minimum absolute atomic E-state index is 0.269. The lowest BCUT2D eigenvalue weighted by molar-refractivity contribution is -0.403. The van der Waals surface area contributed by atoms with E-state index in [1.807, 2.05) is 48.5 Å². The first-order valence-electron chi connectivity index (χ1n) is 14.6. The van der Waals surface area contributed by atoms with Gasteiger partial charge in [-0.3, -0.25) is 0 Å². The fourth-order valence-electron chi connectivity index (χ4n) is 5.54. The molecule has 0 saturated heterocycles. The smallest absolute Gasteiger partial charge is 0.209 e. The van der Waals surface area contributed by atoms with E-state index in [1.165, 1.54) is 6.07 Å². The van der Waals surface area contributed by atoms with Crippen LogP contribution in [0.5, 0.6) is 0 Å². The summed E-state index contributed by atoms with van der Waals surface area (Å²) in [5.74, 6) is 0.552. The molecule has 242 valence electrons. The molecule has 0 atom stereocenters. The topological polar surface area (TPSA) is 154 Å². The van der Waals surface area contributed by atoms with Gasteiger partial charge in [0.15, 0.2) is 0 Å². The molecule has 0 amide bonds. The monoisotopic (exact) mass is 669 g/mol. The number of hydrogen-bond donors (Lipinski definition) is 2. The first-order valence-corrected chi connectivity index (χ1v) is 17.8. The molecule has 11 heteroatoms. The standard InChI is InChI=1S/C35H30N2O4S.CH4O3S/c1-21-9-7-10-22(2)34(21)36-25-15-17-27-30(19-25)41-31-20-26(37-35-23(3)11-8-12-24(35)4)16-18-28(31)33(27)29-13-5-6-14-32(29)42(38,39)40;1-5(2,3)4/h5-20,36H,1-4H3,(H,38,39,40);1H3,(H,2,3,4)/p-1. The van der Waals surface area contributed by atoms with Crippen LogP contribution in [0.3, 0.4) is 0 Å². The molecule has 4 aromatic carbocycles. The summed E-state index contributed by atoms with van der Waals surface area (Å²) in [5.41, 5.74) is 9.52. The quantitative estimate of drug-likeness (QED) is 0.179. The molecule has 6 rings (SSSR count). The van der Waals surface area contributed by atoms with Gasteiger partial charge in [0.05, 0.1) is 21.1 Å². The molecule has 0 aromatic heterocycles. The Hall–Kier alpha value is -4.81. The van der Waals surface area contributed by atoms with Crippen LogP contribution in [-0.2, 0) is 20.2 Å². The maximum Gasteiger partial charge on any atom is 0.209 e. The molecule has 47 heavy (non-hydrogen) atoms. The first-order chi connectivity index (χ1) is 22.1. The summed E-state index contributed by atoms with van der Waals surface area (Å²) >= 11 is 0. The van der Waals surface area contributed by atoms with E-state index in [1.54, 1.807) is 18.2 Å². The van der Waals surface area contributed by atoms with Crippen molar-refractivity contribution in [2.45, 2.75) is 32.6 Å².